The number of fused-ring (bicyclic) bond motifs is 2. The van der Waals surface area contributed by atoms with Crippen LogP contribution in [0, 0.1) is 11.8 Å². The lowest BCUT2D eigenvalue weighted by atomic mass is 9.79. The highest BCUT2D eigenvalue weighted by Crippen LogP contribution is 2.42. The van der Waals surface area contributed by atoms with E-state index in [1.54, 1.807) is 6.92 Å². The molecule has 4 nitrogen and oxygen atoms in total. The first-order valence-electron chi connectivity index (χ1n) is 7.95. The van der Waals surface area contributed by atoms with Crippen molar-refractivity contribution in [2.75, 3.05) is 6.54 Å². The molecule has 0 radical (unpaired) electrons. The molecule has 1 heterocycles. The van der Waals surface area contributed by atoms with Crippen molar-refractivity contribution in [1.29, 1.82) is 0 Å². The monoisotopic (exact) mass is 363 g/mol. The van der Waals surface area contributed by atoms with E-state index in [0.29, 0.717) is 13.0 Å². The number of likely N-dealkylation sites (tertiary alicyclic amines) is 1. The van der Waals surface area contributed by atoms with E-state index in [9.17, 15) is 21.6 Å². The summed E-state index contributed by atoms with van der Waals surface area (Å²) in [5.74, 6) is -0.0694. The molecule has 134 valence electrons. The Kier molecular flexibility index (Phi) is 4.65. The highest BCUT2D eigenvalue weighted by molar-refractivity contribution is 7.87. The predicted octanol–water partition coefficient (Wildman–Crippen LogP) is 3.15. The van der Waals surface area contributed by atoms with Crippen LogP contribution in [-0.4, -0.2) is 37.5 Å². The zero-order valence-corrected chi connectivity index (χ0v) is 14.1. The van der Waals surface area contributed by atoms with E-state index in [4.69, 9.17) is 0 Å². The van der Waals surface area contributed by atoms with Crippen molar-refractivity contribution in [3.05, 3.63) is 35.9 Å². The van der Waals surface area contributed by atoms with Gasteiger partial charge in [0.15, 0.2) is 0 Å². The number of halogens is 3. The molecule has 3 rings (SSSR count). The summed E-state index contributed by atoms with van der Waals surface area (Å²) in [6.07, 6.45) is 0.265. The lowest BCUT2D eigenvalue weighted by Gasteiger charge is -2.33. The van der Waals surface area contributed by atoms with Crippen molar-refractivity contribution in [1.82, 2.24) is 4.90 Å². The zero-order chi connectivity index (χ0) is 17.5. The molecule has 1 aromatic rings. The van der Waals surface area contributed by atoms with E-state index in [-0.39, 0.29) is 17.9 Å². The van der Waals surface area contributed by atoms with Crippen LogP contribution in [0.5, 0.6) is 0 Å². The molecule has 2 bridgehead atoms. The summed E-state index contributed by atoms with van der Waals surface area (Å²) < 4.78 is 64.9. The zero-order valence-electron chi connectivity index (χ0n) is 13.2. The molecule has 1 saturated carbocycles. The van der Waals surface area contributed by atoms with E-state index in [1.807, 2.05) is 30.3 Å². The second-order valence-corrected chi connectivity index (χ2v) is 8.26. The smallest absolute Gasteiger partial charge is 0.296 e. The Morgan fingerprint density at radius 3 is 2.50 bits per heavy atom. The van der Waals surface area contributed by atoms with E-state index in [2.05, 4.69) is 9.08 Å². The van der Waals surface area contributed by atoms with Crippen molar-refractivity contribution in [2.45, 2.75) is 44.0 Å². The van der Waals surface area contributed by atoms with Gasteiger partial charge in [-0.15, -0.1) is 0 Å². The van der Waals surface area contributed by atoms with Gasteiger partial charge in [0.25, 0.3) is 0 Å². The average Bonchev–Trinajstić information content (AvgIpc) is 2.83. The van der Waals surface area contributed by atoms with Crippen LogP contribution in [0.15, 0.2) is 30.3 Å². The normalized spacial score (nSPS) is 31.3. The highest BCUT2D eigenvalue weighted by Gasteiger charge is 2.52. The summed E-state index contributed by atoms with van der Waals surface area (Å²) in [5.41, 5.74) is -4.23. The van der Waals surface area contributed by atoms with Gasteiger partial charge < -0.3 is 0 Å². The van der Waals surface area contributed by atoms with Crippen molar-refractivity contribution in [2.24, 2.45) is 11.8 Å². The summed E-state index contributed by atoms with van der Waals surface area (Å²) in [4.78, 5) is 2.22. The first-order chi connectivity index (χ1) is 11.2. The lowest BCUT2D eigenvalue weighted by molar-refractivity contribution is -0.0622. The van der Waals surface area contributed by atoms with E-state index in [1.165, 1.54) is 0 Å². The SMILES string of the molecule is CC1C2CC(CC1OS(=O)(=O)C(F)(F)F)N(Cc1ccccc1)C2. The third-order valence-electron chi connectivity index (χ3n) is 5.16. The number of hydrogen-bond acceptors (Lipinski definition) is 4. The van der Waals surface area contributed by atoms with Gasteiger partial charge in [-0.3, -0.25) is 9.08 Å². The summed E-state index contributed by atoms with van der Waals surface area (Å²) in [7, 11) is -5.54. The fourth-order valence-electron chi connectivity index (χ4n) is 3.79. The van der Waals surface area contributed by atoms with E-state index in [0.717, 1.165) is 18.5 Å². The molecule has 2 aliphatic rings. The van der Waals surface area contributed by atoms with Gasteiger partial charge in [-0.1, -0.05) is 37.3 Å². The molecular weight excluding hydrogens is 343 g/mol. The van der Waals surface area contributed by atoms with Gasteiger partial charge in [0.05, 0.1) is 6.10 Å². The molecule has 1 aliphatic carbocycles. The maximum Gasteiger partial charge on any atom is 0.523 e. The first-order valence-corrected chi connectivity index (χ1v) is 9.36. The fraction of sp³-hybridized carbons (Fsp3) is 0.625. The standard InChI is InChI=1S/C16H20F3NO3S/c1-11-13-7-14(8-15(11)23-24(21,22)16(17,18)19)20(10-13)9-12-5-3-2-4-6-12/h2-6,11,13-15H,7-10H2,1H3. The number of alkyl halides is 3. The fourth-order valence-corrected chi connectivity index (χ4v) is 4.48. The Hall–Kier alpha value is -1.12. The minimum absolute atomic E-state index is 0.0554. The molecule has 1 aliphatic heterocycles. The second-order valence-electron chi connectivity index (χ2n) is 6.69. The Morgan fingerprint density at radius 1 is 1.21 bits per heavy atom. The van der Waals surface area contributed by atoms with Crippen LogP contribution in [0.4, 0.5) is 13.2 Å². The Balaban J connectivity index is 1.70. The summed E-state index contributed by atoms with van der Waals surface area (Å²) >= 11 is 0. The first kappa shape index (κ1) is 17.7. The molecule has 4 unspecified atom stereocenters. The molecule has 4 atom stereocenters. The Bertz CT molecular complexity index is 678. The van der Waals surface area contributed by atoms with Gasteiger partial charge in [-0.25, -0.2) is 0 Å². The van der Waals surface area contributed by atoms with Crippen LogP contribution in [0.3, 0.4) is 0 Å². The predicted molar refractivity (Wildman–Crippen MR) is 82.4 cm³/mol. The maximum absolute atomic E-state index is 12.6. The van der Waals surface area contributed by atoms with Crippen LogP contribution in [0.2, 0.25) is 0 Å². The molecule has 0 N–H and O–H groups in total. The van der Waals surface area contributed by atoms with Crippen molar-refractivity contribution in [3.8, 4) is 0 Å². The van der Waals surface area contributed by atoms with Gasteiger partial charge in [-0.2, -0.15) is 21.6 Å². The molecule has 1 saturated heterocycles. The number of hydrogen-bond donors (Lipinski definition) is 0. The number of benzene rings is 1. The largest absolute Gasteiger partial charge is 0.523 e. The van der Waals surface area contributed by atoms with Gasteiger partial charge in [0.1, 0.15) is 0 Å². The van der Waals surface area contributed by atoms with Crippen LogP contribution in [0.1, 0.15) is 25.3 Å². The van der Waals surface area contributed by atoms with E-state index >= 15 is 0 Å². The third-order valence-corrected chi connectivity index (χ3v) is 6.22. The van der Waals surface area contributed by atoms with Gasteiger partial charge >= 0.3 is 15.6 Å². The molecule has 2 fully saturated rings. The average molecular weight is 363 g/mol. The maximum atomic E-state index is 12.6. The molecule has 0 aromatic heterocycles. The Morgan fingerprint density at radius 2 is 1.88 bits per heavy atom. The molecule has 8 heteroatoms. The van der Waals surface area contributed by atoms with Crippen LogP contribution in [0.25, 0.3) is 0 Å². The molecule has 0 spiro atoms. The number of rotatable bonds is 4. The van der Waals surface area contributed by atoms with Crippen molar-refractivity contribution >= 4 is 10.1 Å². The summed E-state index contributed by atoms with van der Waals surface area (Å²) in [6.45, 7) is 3.25. The third kappa shape index (κ3) is 3.45. The quantitative estimate of drug-likeness (QED) is 0.609. The second kappa shape index (κ2) is 6.31. The molecule has 24 heavy (non-hydrogen) atoms. The summed E-state index contributed by atoms with van der Waals surface area (Å²) in [6, 6.07) is 9.89. The van der Waals surface area contributed by atoms with Crippen molar-refractivity contribution in [3.63, 3.8) is 0 Å². The Labute approximate surface area is 139 Å². The molecule has 0 amide bonds. The van der Waals surface area contributed by atoms with Crippen molar-refractivity contribution < 1.29 is 25.8 Å². The van der Waals surface area contributed by atoms with E-state index < -0.39 is 21.7 Å². The minimum Gasteiger partial charge on any atom is -0.296 e. The lowest BCUT2D eigenvalue weighted by Crippen LogP contribution is -2.40. The van der Waals surface area contributed by atoms with Gasteiger partial charge in [-0.05, 0) is 30.2 Å². The van der Waals surface area contributed by atoms with Crippen LogP contribution < -0.4 is 0 Å². The molecular formula is C16H20F3NO3S. The van der Waals surface area contributed by atoms with Crippen LogP contribution in [-0.2, 0) is 20.8 Å². The van der Waals surface area contributed by atoms with Crippen LogP contribution >= 0.6 is 0 Å². The molecule has 1 aromatic carbocycles. The highest BCUT2D eigenvalue weighted by atomic mass is 32.2. The van der Waals surface area contributed by atoms with Gasteiger partial charge in [0, 0.05) is 19.1 Å². The minimum atomic E-state index is -5.54. The summed E-state index contributed by atoms with van der Waals surface area (Å²) in [5, 5.41) is 0. The van der Waals surface area contributed by atoms with Gasteiger partial charge in [0.2, 0.25) is 0 Å². The topological polar surface area (TPSA) is 46.6 Å². The number of nitrogens with zero attached hydrogens (tertiary/aromatic N) is 1.